The maximum Gasteiger partial charge on any atom is 0.141 e. The van der Waals surface area contributed by atoms with Gasteiger partial charge < -0.3 is 15.2 Å². The molecule has 0 aliphatic carbocycles. The first kappa shape index (κ1) is 11.9. The van der Waals surface area contributed by atoms with Crippen LogP contribution in [0.4, 0.5) is 5.69 Å². The number of ether oxygens (including phenoxy) is 1. The zero-order valence-electron chi connectivity index (χ0n) is 9.58. The Labute approximate surface area is 91.1 Å². The van der Waals surface area contributed by atoms with Gasteiger partial charge in [-0.2, -0.15) is 0 Å². The number of rotatable bonds is 5. The molecule has 0 heterocycles. The van der Waals surface area contributed by atoms with Gasteiger partial charge in [0.2, 0.25) is 0 Å². The van der Waals surface area contributed by atoms with E-state index in [0.717, 1.165) is 24.4 Å². The number of benzene rings is 1. The zero-order valence-corrected chi connectivity index (χ0v) is 9.58. The third-order valence-electron chi connectivity index (χ3n) is 2.23. The van der Waals surface area contributed by atoms with Crippen LogP contribution in [0.2, 0.25) is 0 Å². The quantitative estimate of drug-likeness (QED) is 0.781. The monoisotopic (exact) mass is 209 g/mol. The maximum absolute atomic E-state index is 9.14. The highest BCUT2D eigenvalue weighted by atomic mass is 16.5. The van der Waals surface area contributed by atoms with Gasteiger partial charge in [0.1, 0.15) is 5.75 Å². The van der Waals surface area contributed by atoms with E-state index in [1.807, 2.05) is 25.1 Å². The Morgan fingerprint density at radius 1 is 1.47 bits per heavy atom. The zero-order chi connectivity index (χ0) is 11.3. The molecule has 0 amide bonds. The molecule has 0 aliphatic heterocycles. The fourth-order valence-corrected chi connectivity index (χ4v) is 1.38. The summed E-state index contributed by atoms with van der Waals surface area (Å²) in [6.45, 7) is 4.58. The van der Waals surface area contributed by atoms with Crippen LogP contribution in [-0.2, 0) is 0 Å². The van der Waals surface area contributed by atoms with Crippen molar-refractivity contribution in [2.75, 3.05) is 19.0 Å². The number of hydrogen-bond donors (Lipinski definition) is 2. The molecular formula is C12H19NO2. The van der Waals surface area contributed by atoms with Gasteiger partial charge in [0, 0.05) is 6.54 Å². The van der Waals surface area contributed by atoms with Gasteiger partial charge in [-0.3, -0.25) is 0 Å². The number of anilines is 1. The van der Waals surface area contributed by atoms with Gasteiger partial charge in [0.25, 0.3) is 0 Å². The fourth-order valence-electron chi connectivity index (χ4n) is 1.38. The third-order valence-corrected chi connectivity index (χ3v) is 2.23. The molecule has 0 saturated heterocycles. The summed E-state index contributed by atoms with van der Waals surface area (Å²) in [7, 11) is 1.66. The van der Waals surface area contributed by atoms with Crippen molar-refractivity contribution >= 4 is 5.69 Å². The Hall–Kier alpha value is -1.22. The van der Waals surface area contributed by atoms with Gasteiger partial charge in [0.05, 0.1) is 18.9 Å². The molecule has 1 unspecified atom stereocenters. The van der Waals surface area contributed by atoms with Crippen molar-refractivity contribution in [3.05, 3.63) is 23.8 Å². The molecule has 0 aromatic heterocycles. The smallest absolute Gasteiger partial charge is 0.141 e. The minimum atomic E-state index is -0.270. The normalized spacial score (nSPS) is 12.3. The second-order valence-electron chi connectivity index (χ2n) is 3.77. The van der Waals surface area contributed by atoms with E-state index in [1.165, 1.54) is 5.56 Å². The lowest BCUT2D eigenvalue weighted by molar-refractivity contribution is 0.188. The van der Waals surface area contributed by atoms with Crippen molar-refractivity contribution in [1.82, 2.24) is 0 Å². The number of aliphatic hydroxyl groups is 1. The summed E-state index contributed by atoms with van der Waals surface area (Å²) in [4.78, 5) is 0. The molecule has 0 radical (unpaired) electrons. The topological polar surface area (TPSA) is 41.5 Å². The first-order chi connectivity index (χ1) is 7.13. The van der Waals surface area contributed by atoms with E-state index >= 15 is 0 Å². The van der Waals surface area contributed by atoms with E-state index < -0.39 is 0 Å². The minimum Gasteiger partial charge on any atom is -0.495 e. The Morgan fingerprint density at radius 3 is 2.80 bits per heavy atom. The van der Waals surface area contributed by atoms with Gasteiger partial charge in [-0.15, -0.1) is 0 Å². The van der Waals surface area contributed by atoms with Crippen LogP contribution < -0.4 is 10.1 Å². The highest BCUT2D eigenvalue weighted by molar-refractivity contribution is 5.57. The largest absolute Gasteiger partial charge is 0.495 e. The van der Waals surface area contributed by atoms with Crippen LogP contribution in [0.25, 0.3) is 0 Å². The van der Waals surface area contributed by atoms with Crippen molar-refractivity contribution < 1.29 is 9.84 Å². The van der Waals surface area contributed by atoms with Crippen LogP contribution in [0.1, 0.15) is 18.9 Å². The molecular weight excluding hydrogens is 190 g/mol. The average Bonchev–Trinajstić information content (AvgIpc) is 2.17. The molecule has 2 N–H and O–H groups in total. The summed E-state index contributed by atoms with van der Waals surface area (Å²) in [5, 5.41) is 12.4. The second kappa shape index (κ2) is 5.61. The molecule has 0 fully saturated rings. The van der Waals surface area contributed by atoms with Gasteiger partial charge in [-0.1, -0.05) is 6.07 Å². The van der Waals surface area contributed by atoms with Crippen LogP contribution in [0.3, 0.4) is 0 Å². The number of aryl methyl sites for hydroxylation is 1. The second-order valence-corrected chi connectivity index (χ2v) is 3.77. The molecule has 0 aliphatic rings. The lowest BCUT2D eigenvalue weighted by atomic mass is 10.2. The van der Waals surface area contributed by atoms with E-state index in [-0.39, 0.29) is 6.10 Å². The predicted octanol–water partition coefficient (Wildman–Crippen LogP) is 2.19. The van der Waals surface area contributed by atoms with Gasteiger partial charge in [-0.25, -0.2) is 0 Å². The summed E-state index contributed by atoms with van der Waals surface area (Å²) in [5.74, 6) is 0.839. The Morgan fingerprint density at radius 2 is 2.20 bits per heavy atom. The summed E-state index contributed by atoms with van der Waals surface area (Å²) in [6.07, 6.45) is 0.463. The standard InChI is InChI=1S/C12H19NO2/c1-9-4-5-12(15-3)11(8-9)13-7-6-10(2)14/h4-5,8,10,13-14H,6-7H2,1-3H3. The molecule has 1 aromatic rings. The number of aliphatic hydroxyl groups excluding tert-OH is 1. The van der Waals surface area contributed by atoms with Crippen LogP contribution in [0.15, 0.2) is 18.2 Å². The molecule has 0 bridgehead atoms. The first-order valence-corrected chi connectivity index (χ1v) is 5.20. The van der Waals surface area contributed by atoms with Crippen molar-refractivity contribution in [3.8, 4) is 5.75 Å². The Balaban J connectivity index is 2.62. The van der Waals surface area contributed by atoms with E-state index in [9.17, 15) is 0 Å². The van der Waals surface area contributed by atoms with Crippen molar-refractivity contribution in [2.24, 2.45) is 0 Å². The molecule has 84 valence electrons. The highest BCUT2D eigenvalue weighted by Gasteiger charge is 2.02. The van der Waals surface area contributed by atoms with E-state index in [4.69, 9.17) is 9.84 Å². The van der Waals surface area contributed by atoms with Crippen molar-refractivity contribution in [3.63, 3.8) is 0 Å². The average molecular weight is 209 g/mol. The number of nitrogens with one attached hydrogen (secondary N) is 1. The van der Waals surface area contributed by atoms with E-state index in [1.54, 1.807) is 14.0 Å². The maximum atomic E-state index is 9.14. The highest BCUT2D eigenvalue weighted by Crippen LogP contribution is 2.24. The van der Waals surface area contributed by atoms with E-state index in [0.29, 0.717) is 0 Å². The molecule has 1 rings (SSSR count). The lowest BCUT2D eigenvalue weighted by Crippen LogP contribution is -2.10. The minimum absolute atomic E-state index is 0.270. The fraction of sp³-hybridized carbons (Fsp3) is 0.500. The summed E-state index contributed by atoms with van der Waals surface area (Å²) < 4.78 is 5.23. The first-order valence-electron chi connectivity index (χ1n) is 5.20. The molecule has 3 heteroatoms. The van der Waals surface area contributed by atoms with E-state index in [2.05, 4.69) is 5.32 Å². The van der Waals surface area contributed by atoms with Gasteiger partial charge in [-0.05, 0) is 38.0 Å². The Bertz CT molecular complexity index is 310. The van der Waals surface area contributed by atoms with Crippen LogP contribution in [0, 0.1) is 6.92 Å². The summed E-state index contributed by atoms with van der Waals surface area (Å²) in [5.41, 5.74) is 2.17. The summed E-state index contributed by atoms with van der Waals surface area (Å²) in [6, 6.07) is 6.00. The Kier molecular flexibility index (Phi) is 4.43. The van der Waals surface area contributed by atoms with Gasteiger partial charge in [0.15, 0.2) is 0 Å². The van der Waals surface area contributed by atoms with Crippen molar-refractivity contribution in [2.45, 2.75) is 26.4 Å². The molecule has 0 saturated carbocycles. The third kappa shape index (κ3) is 3.80. The van der Waals surface area contributed by atoms with Crippen LogP contribution in [-0.4, -0.2) is 24.9 Å². The summed E-state index contributed by atoms with van der Waals surface area (Å²) >= 11 is 0. The molecule has 0 spiro atoms. The van der Waals surface area contributed by atoms with Crippen LogP contribution >= 0.6 is 0 Å². The predicted molar refractivity (Wildman–Crippen MR) is 62.5 cm³/mol. The molecule has 1 aromatic carbocycles. The van der Waals surface area contributed by atoms with Crippen molar-refractivity contribution in [1.29, 1.82) is 0 Å². The van der Waals surface area contributed by atoms with Crippen LogP contribution in [0.5, 0.6) is 5.75 Å². The van der Waals surface area contributed by atoms with Gasteiger partial charge >= 0.3 is 0 Å². The SMILES string of the molecule is COc1ccc(C)cc1NCCC(C)O. The lowest BCUT2D eigenvalue weighted by Gasteiger charge is -2.12. The molecule has 15 heavy (non-hydrogen) atoms. The molecule has 1 atom stereocenters. The number of methoxy groups -OCH3 is 1. The number of hydrogen-bond acceptors (Lipinski definition) is 3. The molecule has 3 nitrogen and oxygen atoms in total.